The number of rotatable bonds is 8. The van der Waals surface area contributed by atoms with E-state index in [2.05, 4.69) is 32.9 Å². The smallest absolute Gasteiger partial charge is 0.222 e. The first kappa shape index (κ1) is 20.6. The van der Waals surface area contributed by atoms with Crippen LogP contribution in [0.5, 0.6) is 0 Å². The fourth-order valence-corrected chi connectivity index (χ4v) is 5.17. The van der Waals surface area contributed by atoms with Crippen molar-refractivity contribution in [2.24, 2.45) is 4.99 Å². The van der Waals surface area contributed by atoms with Crippen molar-refractivity contribution < 1.29 is 13.2 Å². The number of hydrogen-bond donors (Lipinski definition) is 3. The summed E-state index contributed by atoms with van der Waals surface area (Å²) in [5.41, 5.74) is 0. The molecule has 0 aromatic carbocycles. The Morgan fingerprint density at radius 1 is 1.38 bits per heavy atom. The summed E-state index contributed by atoms with van der Waals surface area (Å²) in [7, 11) is -1.30. The predicted octanol–water partition coefficient (Wildman–Crippen LogP) is 0.106. The highest BCUT2D eigenvalue weighted by atomic mass is 32.2. The molecule has 10 heteroatoms. The van der Waals surface area contributed by atoms with E-state index in [0.29, 0.717) is 25.5 Å². The van der Waals surface area contributed by atoms with Crippen molar-refractivity contribution in [2.75, 3.05) is 31.6 Å². The van der Waals surface area contributed by atoms with E-state index in [1.54, 1.807) is 18.4 Å². The second-order valence-corrected chi connectivity index (χ2v) is 9.60. The van der Waals surface area contributed by atoms with Gasteiger partial charge in [0.1, 0.15) is 0 Å². The zero-order chi connectivity index (χ0) is 19.0. The molecule has 26 heavy (non-hydrogen) atoms. The fraction of sp³-hybridized carbons (Fsp3) is 0.688. The zero-order valence-corrected chi connectivity index (χ0v) is 16.9. The van der Waals surface area contributed by atoms with E-state index in [1.807, 2.05) is 6.20 Å². The molecule has 1 unspecified atom stereocenters. The fourth-order valence-electron chi connectivity index (χ4n) is 2.64. The summed E-state index contributed by atoms with van der Waals surface area (Å²) in [4.78, 5) is 21.7. The summed E-state index contributed by atoms with van der Waals surface area (Å²) in [6.45, 7) is 3.26. The van der Waals surface area contributed by atoms with E-state index in [-0.39, 0.29) is 29.9 Å². The Bertz CT molecular complexity index is 730. The molecule has 1 aliphatic rings. The van der Waals surface area contributed by atoms with Crippen molar-refractivity contribution in [1.29, 1.82) is 0 Å². The number of amides is 1. The number of aliphatic imine (C=N–C) groups is 1. The molecule has 1 amide bonds. The lowest BCUT2D eigenvalue weighted by Gasteiger charge is -2.13. The van der Waals surface area contributed by atoms with Crippen LogP contribution in [0.1, 0.15) is 29.7 Å². The molecule has 2 rings (SSSR count). The molecule has 0 bridgehead atoms. The molecule has 8 nitrogen and oxygen atoms in total. The minimum absolute atomic E-state index is 0.0475. The largest absolute Gasteiger partial charge is 0.356 e. The molecule has 0 saturated carbocycles. The Morgan fingerprint density at radius 2 is 2.15 bits per heavy atom. The Balaban J connectivity index is 1.61. The van der Waals surface area contributed by atoms with Crippen LogP contribution in [0.3, 0.4) is 0 Å². The van der Waals surface area contributed by atoms with Gasteiger partial charge in [-0.1, -0.05) is 6.92 Å². The van der Waals surface area contributed by atoms with Crippen LogP contribution >= 0.6 is 11.3 Å². The molecular formula is C16H27N5O3S2. The molecule has 0 radical (unpaired) electrons. The first-order valence-corrected chi connectivity index (χ1v) is 11.4. The van der Waals surface area contributed by atoms with Crippen LogP contribution in [0.2, 0.25) is 0 Å². The average Bonchev–Trinajstić information content (AvgIpc) is 3.19. The Hall–Kier alpha value is -1.68. The first-order valence-electron chi connectivity index (χ1n) is 8.79. The summed E-state index contributed by atoms with van der Waals surface area (Å²) in [5, 5.41) is 10.2. The van der Waals surface area contributed by atoms with Gasteiger partial charge in [-0.3, -0.25) is 9.79 Å². The van der Waals surface area contributed by atoms with Gasteiger partial charge in [0.25, 0.3) is 0 Å². The number of carbonyl (C=O) groups is 1. The van der Waals surface area contributed by atoms with Gasteiger partial charge in [0.15, 0.2) is 15.8 Å². The third-order valence-electron chi connectivity index (χ3n) is 4.05. The second-order valence-electron chi connectivity index (χ2n) is 6.17. The summed E-state index contributed by atoms with van der Waals surface area (Å²) < 4.78 is 22.8. The molecule has 1 fully saturated rings. The molecule has 3 N–H and O–H groups in total. The first-order chi connectivity index (χ1) is 12.4. The number of hydrogen-bond acceptors (Lipinski definition) is 6. The van der Waals surface area contributed by atoms with E-state index < -0.39 is 9.84 Å². The lowest BCUT2D eigenvalue weighted by atomic mass is 10.2. The molecule has 0 aliphatic carbocycles. The van der Waals surface area contributed by atoms with Gasteiger partial charge in [0.2, 0.25) is 5.91 Å². The molecule has 1 atom stereocenters. The van der Waals surface area contributed by atoms with Crippen LogP contribution in [-0.2, 0) is 27.5 Å². The van der Waals surface area contributed by atoms with E-state index >= 15 is 0 Å². The highest BCUT2D eigenvalue weighted by Gasteiger charge is 2.28. The molecule has 0 spiro atoms. The van der Waals surface area contributed by atoms with Gasteiger partial charge >= 0.3 is 0 Å². The third kappa shape index (κ3) is 6.91. The van der Waals surface area contributed by atoms with Crippen LogP contribution < -0.4 is 16.0 Å². The average molecular weight is 402 g/mol. The van der Waals surface area contributed by atoms with Gasteiger partial charge in [-0.25, -0.2) is 13.4 Å². The van der Waals surface area contributed by atoms with Crippen molar-refractivity contribution >= 4 is 33.0 Å². The summed E-state index contributed by atoms with van der Waals surface area (Å²) >= 11 is 1.72. The van der Waals surface area contributed by atoms with Crippen molar-refractivity contribution in [1.82, 2.24) is 20.9 Å². The molecule has 146 valence electrons. The number of carbonyl (C=O) groups excluding carboxylic acids is 1. The van der Waals surface area contributed by atoms with Gasteiger partial charge in [0, 0.05) is 50.1 Å². The van der Waals surface area contributed by atoms with Gasteiger partial charge < -0.3 is 16.0 Å². The van der Waals surface area contributed by atoms with Gasteiger partial charge in [-0.05, 0) is 12.8 Å². The second kappa shape index (κ2) is 9.86. The summed E-state index contributed by atoms with van der Waals surface area (Å²) in [6, 6.07) is -0.253. The Kier molecular flexibility index (Phi) is 7.83. The van der Waals surface area contributed by atoms with Crippen molar-refractivity contribution in [3.63, 3.8) is 0 Å². The third-order valence-corrected chi connectivity index (χ3v) is 7.02. The number of aromatic nitrogens is 1. The van der Waals surface area contributed by atoms with E-state index in [4.69, 9.17) is 0 Å². The highest BCUT2D eigenvalue weighted by molar-refractivity contribution is 7.91. The van der Waals surface area contributed by atoms with Crippen molar-refractivity contribution in [3.8, 4) is 0 Å². The standard InChI is InChI=1S/C16H27N5O3S2/c1-3-13-10-20-15(25-13)5-8-19-16(17-2)18-7-4-14(22)21-12-6-9-26(23,24)11-12/h10,12H,3-9,11H2,1-2H3,(H,21,22)(H2,17,18,19). The van der Waals surface area contributed by atoms with Crippen LogP contribution in [0, 0.1) is 0 Å². The topological polar surface area (TPSA) is 113 Å². The predicted molar refractivity (Wildman–Crippen MR) is 104 cm³/mol. The van der Waals surface area contributed by atoms with Crippen LogP contribution in [0.25, 0.3) is 0 Å². The lowest BCUT2D eigenvalue weighted by molar-refractivity contribution is -0.121. The van der Waals surface area contributed by atoms with Crippen molar-refractivity contribution in [2.45, 2.75) is 38.6 Å². The van der Waals surface area contributed by atoms with Gasteiger partial charge in [-0.2, -0.15) is 0 Å². The van der Waals surface area contributed by atoms with Gasteiger partial charge in [0.05, 0.1) is 16.5 Å². The van der Waals surface area contributed by atoms with E-state index in [9.17, 15) is 13.2 Å². The van der Waals surface area contributed by atoms with Crippen LogP contribution in [-0.4, -0.2) is 63.0 Å². The maximum absolute atomic E-state index is 11.9. The molecular weight excluding hydrogens is 374 g/mol. The Labute approximate surface area is 158 Å². The molecule has 1 aliphatic heterocycles. The lowest BCUT2D eigenvalue weighted by Crippen LogP contribution is -2.41. The van der Waals surface area contributed by atoms with Crippen LogP contribution in [0.15, 0.2) is 11.2 Å². The Morgan fingerprint density at radius 3 is 2.77 bits per heavy atom. The SMILES string of the molecule is CCc1cnc(CCNC(=NC)NCCC(=O)NC2CCS(=O)(=O)C2)s1. The highest BCUT2D eigenvalue weighted by Crippen LogP contribution is 2.13. The molecule has 1 saturated heterocycles. The van der Waals surface area contributed by atoms with Crippen LogP contribution in [0.4, 0.5) is 0 Å². The quantitative estimate of drug-likeness (QED) is 0.421. The summed E-state index contributed by atoms with van der Waals surface area (Å²) in [5.74, 6) is 0.691. The number of nitrogens with one attached hydrogen (secondary N) is 3. The zero-order valence-electron chi connectivity index (χ0n) is 15.2. The minimum Gasteiger partial charge on any atom is -0.356 e. The monoisotopic (exact) mass is 401 g/mol. The number of nitrogens with zero attached hydrogens (tertiary/aromatic N) is 2. The molecule has 1 aromatic heterocycles. The maximum atomic E-state index is 11.9. The number of guanidine groups is 1. The minimum atomic E-state index is -2.98. The molecule has 2 heterocycles. The van der Waals surface area contributed by atoms with Crippen molar-refractivity contribution in [3.05, 3.63) is 16.1 Å². The van der Waals surface area contributed by atoms with Gasteiger partial charge in [-0.15, -0.1) is 11.3 Å². The van der Waals surface area contributed by atoms with E-state index in [0.717, 1.165) is 17.8 Å². The number of aryl methyl sites for hydroxylation is 1. The number of sulfone groups is 1. The normalized spacial score (nSPS) is 19.3. The maximum Gasteiger partial charge on any atom is 0.222 e. The molecule has 1 aromatic rings. The summed E-state index contributed by atoms with van der Waals surface area (Å²) in [6.07, 6.45) is 4.51. The van der Waals surface area contributed by atoms with E-state index in [1.165, 1.54) is 4.88 Å². The number of thiazole rings is 1.